The van der Waals surface area contributed by atoms with Gasteiger partial charge in [-0.15, -0.1) is 0 Å². The molecule has 24 heavy (non-hydrogen) atoms. The highest BCUT2D eigenvalue weighted by atomic mass is 19.4. The summed E-state index contributed by atoms with van der Waals surface area (Å²) in [6, 6.07) is 16.0. The van der Waals surface area contributed by atoms with Crippen LogP contribution in [-0.2, 0) is 11.3 Å². The third-order valence-electron chi connectivity index (χ3n) is 3.40. The van der Waals surface area contributed by atoms with Gasteiger partial charge in [-0.25, -0.2) is 4.79 Å². The molecular formula is C18H18F3NO2. The minimum atomic E-state index is -4.41. The van der Waals surface area contributed by atoms with E-state index in [4.69, 9.17) is 6.11 Å². The quantitative estimate of drug-likeness (QED) is 0.833. The molecule has 2 aromatic rings. The fourth-order valence-electron chi connectivity index (χ4n) is 2.22. The van der Waals surface area contributed by atoms with E-state index >= 15 is 0 Å². The van der Waals surface area contributed by atoms with Crippen LogP contribution in [0.4, 0.5) is 18.0 Å². The number of rotatable bonds is 6. The number of hydrogen-bond donors (Lipinski definition) is 1. The molecule has 2 aromatic carbocycles. The van der Waals surface area contributed by atoms with Crippen LogP contribution in [-0.4, -0.2) is 18.8 Å². The number of benzene rings is 2. The molecular weight excluding hydrogens is 319 g/mol. The summed E-state index contributed by atoms with van der Waals surface area (Å²) in [6.45, 7) is -1.44. The molecule has 0 fully saturated rings. The first-order valence-corrected chi connectivity index (χ1v) is 7.41. The maximum atomic E-state index is 13.2. The van der Waals surface area contributed by atoms with E-state index < -0.39 is 24.8 Å². The van der Waals surface area contributed by atoms with Crippen LogP contribution in [0.5, 0.6) is 0 Å². The number of ether oxygens (including phenoxy) is 1. The standard InChI is InChI=1S/C18H18F3NO2/c19-18(20,21)16(15-9-5-2-6-10-15)11-12-22-17(23)24-13-14-7-3-1-4-8-14/h1-10,16H,11-13H2,(H,22,23)/i13D. The number of alkyl halides is 3. The molecule has 128 valence electrons. The van der Waals surface area contributed by atoms with Gasteiger partial charge in [0.25, 0.3) is 0 Å². The van der Waals surface area contributed by atoms with E-state index in [0.717, 1.165) is 0 Å². The highest BCUT2D eigenvalue weighted by Gasteiger charge is 2.40. The fourth-order valence-corrected chi connectivity index (χ4v) is 2.22. The zero-order chi connectivity index (χ0) is 18.3. The summed E-state index contributed by atoms with van der Waals surface area (Å²) < 4.78 is 52.1. The van der Waals surface area contributed by atoms with Crippen molar-refractivity contribution in [3.05, 3.63) is 71.8 Å². The Morgan fingerprint density at radius 2 is 1.67 bits per heavy atom. The second-order valence-electron chi connectivity index (χ2n) is 5.15. The van der Waals surface area contributed by atoms with E-state index in [9.17, 15) is 18.0 Å². The normalized spacial score (nSPS) is 14.4. The van der Waals surface area contributed by atoms with Gasteiger partial charge in [-0.1, -0.05) is 60.7 Å². The van der Waals surface area contributed by atoms with E-state index in [1.807, 2.05) is 0 Å². The second-order valence-corrected chi connectivity index (χ2v) is 5.15. The minimum Gasteiger partial charge on any atom is -0.445 e. The van der Waals surface area contributed by atoms with E-state index in [2.05, 4.69) is 5.32 Å². The highest BCUT2D eigenvalue weighted by molar-refractivity contribution is 5.67. The average molecular weight is 338 g/mol. The minimum absolute atomic E-state index is 0.146. The Morgan fingerprint density at radius 1 is 1.08 bits per heavy atom. The third-order valence-corrected chi connectivity index (χ3v) is 3.40. The van der Waals surface area contributed by atoms with E-state index in [1.54, 1.807) is 48.5 Å². The summed E-state index contributed by atoms with van der Waals surface area (Å²) in [5.74, 6) is -1.67. The highest BCUT2D eigenvalue weighted by Crippen LogP contribution is 2.36. The van der Waals surface area contributed by atoms with Gasteiger partial charge in [0.2, 0.25) is 0 Å². The molecule has 1 amide bonds. The van der Waals surface area contributed by atoms with Crippen LogP contribution in [0.15, 0.2) is 60.7 Å². The number of hydrogen-bond acceptors (Lipinski definition) is 2. The zero-order valence-corrected chi connectivity index (χ0v) is 12.8. The van der Waals surface area contributed by atoms with Crippen LogP contribution < -0.4 is 5.32 Å². The third kappa shape index (κ3) is 5.61. The molecule has 0 spiro atoms. The molecule has 0 saturated carbocycles. The predicted octanol–water partition coefficient (Wildman–Crippen LogP) is 4.65. The van der Waals surface area contributed by atoms with Gasteiger partial charge in [-0.2, -0.15) is 13.2 Å². The molecule has 0 aliphatic rings. The topological polar surface area (TPSA) is 38.3 Å². The fraction of sp³-hybridized carbons (Fsp3) is 0.278. The van der Waals surface area contributed by atoms with Crippen molar-refractivity contribution in [3.8, 4) is 0 Å². The number of nitrogens with one attached hydrogen (secondary N) is 1. The number of amides is 1. The van der Waals surface area contributed by atoms with Crippen LogP contribution in [0.1, 0.15) is 24.8 Å². The smallest absolute Gasteiger partial charge is 0.407 e. The Hall–Kier alpha value is -2.50. The van der Waals surface area contributed by atoms with Gasteiger partial charge in [-0.05, 0) is 17.5 Å². The average Bonchev–Trinajstić information content (AvgIpc) is 2.59. The Balaban J connectivity index is 1.86. The SMILES string of the molecule is [2H]C(OC(=O)NCCC(c1ccccc1)C(F)(F)F)c1ccccc1. The first-order chi connectivity index (χ1) is 11.9. The van der Waals surface area contributed by atoms with Crippen molar-refractivity contribution in [2.45, 2.75) is 25.1 Å². The number of carbonyl (C=O) groups is 1. The number of alkyl carbamates (subject to hydrolysis) is 1. The molecule has 0 aliphatic heterocycles. The lowest BCUT2D eigenvalue weighted by Gasteiger charge is -2.20. The van der Waals surface area contributed by atoms with Gasteiger partial charge in [0.15, 0.2) is 0 Å². The van der Waals surface area contributed by atoms with Gasteiger partial charge in [0.05, 0.1) is 7.29 Å². The molecule has 0 saturated heterocycles. The summed E-state index contributed by atoms with van der Waals surface area (Å²) in [7, 11) is 0. The molecule has 0 aromatic heterocycles. The molecule has 1 N–H and O–H groups in total. The molecule has 2 atom stereocenters. The van der Waals surface area contributed by atoms with Gasteiger partial charge >= 0.3 is 12.3 Å². The molecule has 6 heteroatoms. The molecule has 2 unspecified atom stereocenters. The summed E-state index contributed by atoms with van der Waals surface area (Å²) in [4.78, 5) is 11.7. The van der Waals surface area contributed by atoms with Crippen LogP contribution >= 0.6 is 0 Å². The van der Waals surface area contributed by atoms with Crippen LogP contribution in [0.25, 0.3) is 0 Å². The predicted molar refractivity (Wildman–Crippen MR) is 84.5 cm³/mol. The van der Waals surface area contributed by atoms with E-state index in [-0.39, 0.29) is 18.5 Å². The van der Waals surface area contributed by atoms with Crippen molar-refractivity contribution < 1.29 is 24.1 Å². The Labute approximate surface area is 139 Å². The molecule has 0 heterocycles. The lowest BCUT2D eigenvalue weighted by Crippen LogP contribution is -2.29. The Kier molecular flexibility index (Phi) is 5.71. The van der Waals surface area contributed by atoms with Crippen LogP contribution in [0, 0.1) is 0 Å². The van der Waals surface area contributed by atoms with Crippen molar-refractivity contribution in [2.24, 2.45) is 0 Å². The molecule has 3 nitrogen and oxygen atoms in total. The Morgan fingerprint density at radius 3 is 2.25 bits per heavy atom. The summed E-state index contributed by atoms with van der Waals surface area (Å²) >= 11 is 0. The van der Waals surface area contributed by atoms with Gasteiger partial charge < -0.3 is 10.1 Å². The largest absolute Gasteiger partial charge is 0.445 e. The van der Waals surface area contributed by atoms with Crippen molar-refractivity contribution in [2.75, 3.05) is 6.54 Å². The zero-order valence-electron chi connectivity index (χ0n) is 13.8. The maximum absolute atomic E-state index is 13.2. The molecule has 0 bridgehead atoms. The van der Waals surface area contributed by atoms with Gasteiger partial charge in [-0.3, -0.25) is 0 Å². The lowest BCUT2D eigenvalue weighted by atomic mass is 9.95. The second kappa shape index (κ2) is 8.38. The van der Waals surface area contributed by atoms with Crippen LogP contribution in [0.2, 0.25) is 0 Å². The summed E-state index contributed by atoms with van der Waals surface area (Å²) in [6.07, 6.45) is -5.64. The van der Waals surface area contributed by atoms with Gasteiger partial charge in [0, 0.05) is 6.54 Å². The molecule has 0 aliphatic carbocycles. The molecule has 0 radical (unpaired) electrons. The first-order valence-electron chi connectivity index (χ1n) is 7.99. The first kappa shape index (κ1) is 16.4. The van der Waals surface area contributed by atoms with Gasteiger partial charge in [0.1, 0.15) is 6.58 Å². The number of carbonyl (C=O) groups excluding carboxylic acids is 1. The molecule has 2 rings (SSSR count). The van der Waals surface area contributed by atoms with Crippen molar-refractivity contribution in [1.82, 2.24) is 5.32 Å². The summed E-state index contributed by atoms with van der Waals surface area (Å²) in [5, 5.41) is 2.27. The lowest BCUT2D eigenvalue weighted by molar-refractivity contribution is -0.151. The van der Waals surface area contributed by atoms with E-state index in [0.29, 0.717) is 5.56 Å². The van der Waals surface area contributed by atoms with E-state index in [1.165, 1.54) is 12.1 Å². The monoisotopic (exact) mass is 338 g/mol. The van der Waals surface area contributed by atoms with Crippen LogP contribution in [0.3, 0.4) is 0 Å². The Bertz CT molecular complexity index is 665. The maximum Gasteiger partial charge on any atom is 0.407 e. The summed E-state index contributed by atoms with van der Waals surface area (Å²) in [5.41, 5.74) is 0.628. The van der Waals surface area contributed by atoms with Crippen molar-refractivity contribution in [1.29, 1.82) is 0 Å². The van der Waals surface area contributed by atoms with Crippen molar-refractivity contribution in [3.63, 3.8) is 0 Å². The van der Waals surface area contributed by atoms with Crippen molar-refractivity contribution >= 4 is 6.09 Å². The number of halogens is 3.